The van der Waals surface area contributed by atoms with Crippen molar-refractivity contribution >= 4 is 40.3 Å². The molecule has 0 saturated carbocycles. The van der Waals surface area contributed by atoms with Gasteiger partial charge < -0.3 is 15.2 Å². The van der Waals surface area contributed by atoms with Crippen molar-refractivity contribution < 1.29 is 19.4 Å². The van der Waals surface area contributed by atoms with Crippen molar-refractivity contribution in [1.82, 2.24) is 4.90 Å². The van der Waals surface area contributed by atoms with E-state index in [-0.39, 0.29) is 18.9 Å². The monoisotopic (exact) mass is 432 g/mol. The van der Waals surface area contributed by atoms with Crippen LogP contribution in [0, 0.1) is 3.57 Å². The van der Waals surface area contributed by atoms with Crippen LogP contribution in [0.5, 0.6) is 0 Å². The molecule has 2 rings (SSSR count). The molecule has 2 amide bonds. The van der Waals surface area contributed by atoms with E-state index in [1.165, 1.54) is 4.90 Å². The van der Waals surface area contributed by atoms with Crippen LogP contribution >= 0.6 is 22.6 Å². The molecule has 0 spiro atoms. The lowest BCUT2D eigenvalue weighted by atomic mass is 10.2. The van der Waals surface area contributed by atoms with Gasteiger partial charge in [0.25, 0.3) is 0 Å². The summed E-state index contributed by atoms with van der Waals surface area (Å²) in [4.78, 5) is 26.0. The van der Waals surface area contributed by atoms with Crippen molar-refractivity contribution in [3.63, 3.8) is 0 Å². The molecule has 6 nitrogen and oxygen atoms in total. The number of hydrogen-bond acceptors (Lipinski definition) is 4. The summed E-state index contributed by atoms with van der Waals surface area (Å²) in [5.74, 6) is -0.325. The average molecular weight is 432 g/mol. The Balaban J connectivity index is 2.07. The number of β-amino-alcohol motifs (C(OH)–C–C–N with tert-alkyl or cyclic N) is 1. The van der Waals surface area contributed by atoms with E-state index in [1.54, 1.807) is 32.9 Å². The van der Waals surface area contributed by atoms with Gasteiger partial charge in [-0.05, 0) is 67.6 Å². The SMILES string of the molecule is CC(C)(C)OC(=O)N1C[C@H](O)C[C@H]1C(=O)Nc1ccc(I)cc1. The lowest BCUT2D eigenvalue weighted by molar-refractivity contribution is -0.120. The Bertz CT molecular complexity index is 583. The molecule has 1 fully saturated rings. The molecule has 126 valence electrons. The maximum atomic E-state index is 12.5. The van der Waals surface area contributed by atoms with E-state index in [4.69, 9.17) is 4.74 Å². The molecule has 1 heterocycles. The number of aliphatic hydroxyl groups is 1. The Morgan fingerprint density at radius 3 is 2.48 bits per heavy atom. The second-order valence-electron chi connectivity index (χ2n) is 6.53. The number of likely N-dealkylation sites (tertiary alicyclic amines) is 1. The fraction of sp³-hybridized carbons (Fsp3) is 0.500. The summed E-state index contributed by atoms with van der Waals surface area (Å²) in [6, 6.07) is 6.61. The van der Waals surface area contributed by atoms with Gasteiger partial charge in [-0.3, -0.25) is 9.69 Å². The van der Waals surface area contributed by atoms with Gasteiger partial charge in [0, 0.05) is 15.7 Å². The first kappa shape index (κ1) is 18.0. The van der Waals surface area contributed by atoms with Gasteiger partial charge in [0.1, 0.15) is 11.6 Å². The van der Waals surface area contributed by atoms with E-state index in [1.807, 2.05) is 12.1 Å². The molecule has 2 N–H and O–H groups in total. The predicted octanol–water partition coefficient (Wildman–Crippen LogP) is 2.60. The van der Waals surface area contributed by atoms with E-state index < -0.39 is 23.8 Å². The second kappa shape index (κ2) is 7.04. The van der Waals surface area contributed by atoms with Crippen LogP contribution in [0.4, 0.5) is 10.5 Å². The van der Waals surface area contributed by atoms with Gasteiger partial charge in [0.05, 0.1) is 12.6 Å². The fourth-order valence-corrected chi connectivity index (χ4v) is 2.70. The van der Waals surface area contributed by atoms with E-state index in [0.29, 0.717) is 5.69 Å². The smallest absolute Gasteiger partial charge is 0.411 e. The number of carbonyl (C=O) groups excluding carboxylic acids is 2. The Morgan fingerprint density at radius 1 is 1.30 bits per heavy atom. The molecule has 2 atom stereocenters. The third kappa shape index (κ3) is 5.07. The molecule has 7 heteroatoms. The van der Waals surface area contributed by atoms with Crippen LogP contribution in [0.25, 0.3) is 0 Å². The molecule has 0 unspecified atom stereocenters. The molecular formula is C16H21IN2O4. The number of benzene rings is 1. The van der Waals surface area contributed by atoms with Crippen molar-refractivity contribution in [3.8, 4) is 0 Å². The molecule has 1 aromatic rings. The maximum absolute atomic E-state index is 12.5. The van der Waals surface area contributed by atoms with Gasteiger partial charge >= 0.3 is 6.09 Å². The molecule has 0 bridgehead atoms. The number of rotatable bonds is 2. The van der Waals surface area contributed by atoms with E-state index >= 15 is 0 Å². The lowest BCUT2D eigenvalue weighted by Gasteiger charge is -2.27. The zero-order chi connectivity index (χ0) is 17.2. The minimum absolute atomic E-state index is 0.0969. The summed E-state index contributed by atoms with van der Waals surface area (Å²) in [6.45, 7) is 5.38. The first-order chi connectivity index (χ1) is 10.7. The summed E-state index contributed by atoms with van der Waals surface area (Å²) in [5, 5.41) is 12.6. The highest BCUT2D eigenvalue weighted by molar-refractivity contribution is 14.1. The number of aliphatic hydroxyl groups excluding tert-OH is 1. The molecule has 0 aliphatic carbocycles. The van der Waals surface area contributed by atoms with E-state index in [0.717, 1.165) is 3.57 Å². The van der Waals surface area contributed by atoms with E-state index in [2.05, 4.69) is 27.9 Å². The average Bonchev–Trinajstić information content (AvgIpc) is 2.82. The maximum Gasteiger partial charge on any atom is 0.411 e. The number of halogens is 1. The van der Waals surface area contributed by atoms with Crippen molar-refractivity contribution in [2.45, 2.75) is 44.9 Å². The first-order valence-corrected chi connectivity index (χ1v) is 8.48. The van der Waals surface area contributed by atoms with Gasteiger partial charge in [-0.1, -0.05) is 0 Å². The molecule has 1 aromatic carbocycles. The highest BCUT2D eigenvalue weighted by atomic mass is 127. The van der Waals surface area contributed by atoms with Crippen LogP contribution in [0.1, 0.15) is 27.2 Å². The van der Waals surface area contributed by atoms with Crippen LogP contribution in [0.15, 0.2) is 24.3 Å². The lowest BCUT2D eigenvalue weighted by Crippen LogP contribution is -2.45. The van der Waals surface area contributed by atoms with Crippen LogP contribution < -0.4 is 5.32 Å². The molecule has 23 heavy (non-hydrogen) atoms. The highest BCUT2D eigenvalue weighted by Gasteiger charge is 2.40. The zero-order valence-electron chi connectivity index (χ0n) is 13.4. The minimum Gasteiger partial charge on any atom is -0.444 e. The zero-order valence-corrected chi connectivity index (χ0v) is 15.5. The number of amides is 2. The van der Waals surface area contributed by atoms with Crippen molar-refractivity contribution in [3.05, 3.63) is 27.8 Å². The number of nitrogens with one attached hydrogen (secondary N) is 1. The Morgan fingerprint density at radius 2 is 1.91 bits per heavy atom. The van der Waals surface area contributed by atoms with Gasteiger partial charge in [-0.2, -0.15) is 0 Å². The van der Waals surface area contributed by atoms with Gasteiger partial charge in [0.2, 0.25) is 5.91 Å². The van der Waals surface area contributed by atoms with Crippen LogP contribution in [0.3, 0.4) is 0 Å². The first-order valence-electron chi connectivity index (χ1n) is 7.40. The molecule has 1 saturated heterocycles. The number of nitrogens with zero attached hydrogens (tertiary/aromatic N) is 1. The summed E-state index contributed by atoms with van der Waals surface area (Å²) < 4.78 is 6.37. The van der Waals surface area contributed by atoms with Crippen LogP contribution in [-0.4, -0.2) is 46.3 Å². The molecule has 1 aliphatic heterocycles. The van der Waals surface area contributed by atoms with Crippen molar-refractivity contribution in [2.24, 2.45) is 0 Å². The summed E-state index contributed by atoms with van der Waals surface area (Å²) >= 11 is 2.18. The second-order valence-corrected chi connectivity index (χ2v) is 7.78. The minimum atomic E-state index is -0.737. The summed E-state index contributed by atoms with van der Waals surface area (Å²) in [7, 11) is 0. The van der Waals surface area contributed by atoms with Gasteiger partial charge in [-0.15, -0.1) is 0 Å². The Kier molecular flexibility index (Phi) is 5.51. The quantitative estimate of drug-likeness (QED) is 0.705. The van der Waals surface area contributed by atoms with Crippen LogP contribution in [0.2, 0.25) is 0 Å². The molecule has 1 aliphatic rings. The topological polar surface area (TPSA) is 78.9 Å². The van der Waals surface area contributed by atoms with Gasteiger partial charge in [-0.25, -0.2) is 4.79 Å². The summed E-state index contributed by atoms with van der Waals surface area (Å²) in [5.41, 5.74) is 0.00263. The molecule has 0 radical (unpaired) electrons. The molecule has 0 aromatic heterocycles. The molecular weight excluding hydrogens is 411 g/mol. The Hall–Kier alpha value is -1.35. The number of anilines is 1. The normalized spacial score (nSPS) is 21.2. The Labute approximate surface area is 149 Å². The summed E-state index contributed by atoms with van der Waals surface area (Å²) in [6.07, 6.45) is -1.11. The van der Waals surface area contributed by atoms with Crippen molar-refractivity contribution in [1.29, 1.82) is 0 Å². The van der Waals surface area contributed by atoms with Gasteiger partial charge in [0.15, 0.2) is 0 Å². The van der Waals surface area contributed by atoms with Crippen molar-refractivity contribution in [2.75, 3.05) is 11.9 Å². The number of hydrogen-bond donors (Lipinski definition) is 2. The standard InChI is InChI=1S/C16H21IN2O4/c1-16(2,3)23-15(22)19-9-12(20)8-13(19)14(21)18-11-6-4-10(17)5-7-11/h4-7,12-13,20H,8-9H2,1-3H3,(H,18,21)/t12-,13+/m1/s1. The van der Waals surface area contributed by atoms with Crippen LogP contribution in [-0.2, 0) is 9.53 Å². The fourth-order valence-electron chi connectivity index (χ4n) is 2.34. The third-order valence-electron chi connectivity index (χ3n) is 3.32. The highest BCUT2D eigenvalue weighted by Crippen LogP contribution is 2.23. The number of carbonyl (C=O) groups is 2. The largest absolute Gasteiger partial charge is 0.444 e. The predicted molar refractivity (Wildman–Crippen MR) is 95.1 cm³/mol. The van der Waals surface area contributed by atoms with E-state index in [9.17, 15) is 14.7 Å². The third-order valence-corrected chi connectivity index (χ3v) is 4.04. The number of ether oxygens (including phenoxy) is 1.